The van der Waals surface area contributed by atoms with Crippen LogP contribution in [0.1, 0.15) is 36.9 Å². The summed E-state index contributed by atoms with van der Waals surface area (Å²) in [7, 11) is 0. The Balaban J connectivity index is 1.73. The Kier molecular flexibility index (Phi) is 2.21. The summed E-state index contributed by atoms with van der Waals surface area (Å²) in [5.74, 6) is 1.84. The summed E-state index contributed by atoms with van der Waals surface area (Å²) >= 11 is 0. The van der Waals surface area contributed by atoms with Crippen molar-refractivity contribution >= 4 is 0 Å². The summed E-state index contributed by atoms with van der Waals surface area (Å²) in [6.45, 7) is 2.68. The molecule has 2 saturated heterocycles. The van der Waals surface area contributed by atoms with Gasteiger partial charge in [-0.15, -0.1) is 0 Å². The van der Waals surface area contributed by atoms with Crippen LogP contribution < -0.4 is 5.73 Å². The lowest BCUT2D eigenvalue weighted by atomic mass is 10.0. The number of nitrogens with two attached hydrogens (primary N) is 1. The van der Waals surface area contributed by atoms with Crippen LogP contribution in [0.3, 0.4) is 0 Å². The first-order valence-electron chi connectivity index (χ1n) is 5.63. The molecule has 3 rings (SSSR count). The number of aromatic nitrogens is 2. The molecular weight excluding hydrogens is 192 g/mol. The summed E-state index contributed by atoms with van der Waals surface area (Å²) in [6.07, 6.45) is 3.84. The Morgan fingerprint density at radius 2 is 2.47 bits per heavy atom. The number of rotatable bonds is 2. The zero-order valence-corrected chi connectivity index (χ0v) is 8.72. The van der Waals surface area contributed by atoms with E-state index in [9.17, 15) is 0 Å². The monoisotopic (exact) mass is 208 g/mol. The molecule has 0 saturated carbocycles. The van der Waals surface area contributed by atoms with Gasteiger partial charge in [-0.2, -0.15) is 4.98 Å². The minimum atomic E-state index is 0.364. The molecule has 0 aromatic carbocycles. The van der Waals surface area contributed by atoms with Crippen molar-refractivity contribution in [1.29, 1.82) is 0 Å². The van der Waals surface area contributed by atoms with Crippen LogP contribution in [0.5, 0.6) is 0 Å². The van der Waals surface area contributed by atoms with Crippen molar-refractivity contribution in [3.05, 3.63) is 11.7 Å². The fraction of sp³-hybridized carbons (Fsp3) is 0.800. The molecule has 0 radical (unpaired) electrons. The highest BCUT2D eigenvalue weighted by atomic mass is 16.5. The van der Waals surface area contributed by atoms with Gasteiger partial charge in [0.05, 0.1) is 12.5 Å². The number of fused-ring (bicyclic) bond motifs is 1. The molecule has 82 valence electrons. The molecule has 5 nitrogen and oxygen atoms in total. The van der Waals surface area contributed by atoms with Crippen LogP contribution in [0.4, 0.5) is 0 Å². The Bertz CT molecular complexity index is 339. The van der Waals surface area contributed by atoms with E-state index in [1.54, 1.807) is 0 Å². The summed E-state index contributed by atoms with van der Waals surface area (Å²) in [6, 6.07) is 0.753. The highest BCUT2D eigenvalue weighted by Gasteiger charge is 2.38. The summed E-state index contributed by atoms with van der Waals surface area (Å²) in [4.78, 5) is 6.85. The van der Waals surface area contributed by atoms with Crippen LogP contribution in [0.15, 0.2) is 4.52 Å². The zero-order valence-electron chi connectivity index (χ0n) is 8.72. The topological polar surface area (TPSA) is 68.2 Å². The molecule has 0 aliphatic carbocycles. The largest absolute Gasteiger partial charge is 0.339 e. The maximum atomic E-state index is 5.46. The first-order chi connectivity index (χ1) is 7.36. The normalized spacial score (nSPS) is 31.0. The Morgan fingerprint density at radius 3 is 3.20 bits per heavy atom. The minimum Gasteiger partial charge on any atom is -0.339 e. The van der Waals surface area contributed by atoms with Gasteiger partial charge in [0.15, 0.2) is 5.82 Å². The van der Waals surface area contributed by atoms with Crippen molar-refractivity contribution < 1.29 is 4.52 Å². The third-order valence-electron chi connectivity index (χ3n) is 3.53. The van der Waals surface area contributed by atoms with Crippen LogP contribution in [0.25, 0.3) is 0 Å². The zero-order chi connectivity index (χ0) is 10.3. The third kappa shape index (κ3) is 1.55. The van der Waals surface area contributed by atoms with Gasteiger partial charge in [0.25, 0.3) is 0 Å². The number of hydrogen-bond donors (Lipinski definition) is 1. The second-order valence-electron chi connectivity index (χ2n) is 4.48. The van der Waals surface area contributed by atoms with E-state index in [1.165, 1.54) is 25.8 Å². The van der Waals surface area contributed by atoms with E-state index in [1.807, 2.05) is 0 Å². The van der Waals surface area contributed by atoms with Gasteiger partial charge in [-0.1, -0.05) is 5.16 Å². The predicted molar refractivity (Wildman–Crippen MR) is 54.1 cm³/mol. The van der Waals surface area contributed by atoms with Crippen molar-refractivity contribution in [3.8, 4) is 0 Å². The fourth-order valence-corrected chi connectivity index (χ4v) is 2.78. The van der Waals surface area contributed by atoms with Crippen LogP contribution >= 0.6 is 0 Å². The highest BCUT2D eigenvalue weighted by molar-refractivity contribution is 5.03. The minimum absolute atomic E-state index is 0.364. The molecule has 1 aromatic heterocycles. The van der Waals surface area contributed by atoms with Crippen molar-refractivity contribution in [1.82, 2.24) is 15.0 Å². The van der Waals surface area contributed by atoms with Crippen LogP contribution in [-0.4, -0.2) is 34.2 Å². The van der Waals surface area contributed by atoms with Gasteiger partial charge in [-0.25, -0.2) is 0 Å². The van der Waals surface area contributed by atoms with E-state index in [-0.39, 0.29) is 0 Å². The lowest BCUT2D eigenvalue weighted by molar-refractivity contribution is 0.312. The molecule has 0 amide bonds. The van der Waals surface area contributed by atoms with Crippen molar-refractivity contribution in [2.24, 2.45) is 5.73 Å². The van der Waals surface area contributed by atoms with Crippen molar-refractivity contribution in [2.75, 3.05) is 13.1 Å². The van der Waals surface area contributed by atoms with Gasteiger partial charge < -0.3 is 10.3 Å². The molecule has 3 heterocycles. The van der Waals surface area contributed by atoms with Crippen LogP contribution in [0.2, 0.25) is 0 Å². The lowest BCUT2D eigenvalue weighted by Crippen LogP contribution is -2.22. The Labute approximate surface area is 88.6 Å². The molecule has 2 aliphatic rings. The van der Waals surface area contributed by atoms with Gasteiger partial charge in [0.2, 0.25) is 5.89 Å². The van der Waals surface area contributed by atoms with Crippen LogP contribution in [0, 0.1) is 0 Å². The molecule has 15 heavy (non-hydrogen) atoms. The highest BCUT2D eigenvalue weighted by Crippen LogP contribution is 2.36. The number of nitrogens with zero attached hydrogens (tertiary/aromatic N) is 3. The average Bonchev–Trinajstić information content (AvgIpc) is 2.91. The second kappa shape index (κ2) is 3.57. The SMILES string of the molecule is NCc1noc([C@H]2C[C@H]3CCCN3C2)n1. The fourth-order valence-electron chi connectivity index (χ4n) is 2.78. The van der Waals surface area contributed by atoms with Gasteiger partial charge >= 0.3 is 0 Å². The van der Waals surface area contributed by atoms with E-state index in [0.29, 0.717) is 18.3 Å². The van der Waals surface area contributed by atoms with E-state index in [2.05, 4.69) is 15.0 Å². The molecule has 2 fully saturated rings. The van der Waals surface area contributed by atoms with Gasteiger partial charge in [-0.3, -0.25) is 4.90 Å². The predicted octanol–water partition coefficient (Wildman–Crippen LogP) is 0.480. The first-order valence-corrected chi connectivity index (χ1v) is 5.63. The average molecular weight is 208 g/mol. The van der Waals surface area contributed by atoms with Gasteiger partial charge in [0.1, 0.15) is 0 Å². The van der Waals surface area contributed by atoms with Gasteiger partial charge in [-0.05, 0) is 25.8 Å². The quantitative estimate of drug-likeness (QED) is 0.765. The molecule has 2 atom stereocenters. The molecule has 2 N–H and O–H groups in total. The van der Waals surface area contributed by atoms with Crippen molar-refractivity contribution in [2.45, 2.75) is 37.8 Å². The van der Waals surface area contributed by atoms with Crippen LogP contribution in [-0.2, 0) is 6.54 Å². The summed E-state index contributed by atoms with van der Waals surface area (Å²) < 4.78 is 5.24. The molecule has 1 aromatic rings. The standard InChI is InChI=1S/C10H16N4O/c11-5-9-12-10(15-13-9)7-4-8-2-1-3-14(8)6-7/h7-8H,1-6,11H2/t7-,8+/m0/s1. The molecule has 5 heteroatoms. The van der Waals surface area contributed by atoms with E-state index >= 15 is 0 Å². The third-order valence-corrected chi connectivity index (χ3v) is 3.53. The Hall–Kier alpha value is -0.940. The maximum Gasteiger partial charge on any atom is 0.231 e. The first kappa shape index (κ1) is 9.30. The summed E-state index contributed by atoms with van der Waals surface area (Å²) in [5, 5.41) is 3.84. The summed E-state index contributed by atoms with van der Waals surface area (Å²) in [5.41, 5.74) is 5.46. The van der Waals surface area contributed by atoms with Crippen molar-refractivity contribution in [3.63, 3.8) is 0 Å². The Morgan fingerprint density at radius 1 is 1.53 bits per heavy atom. The van der Waals surface area contributed by atoms with E-state index in [0.717, 1.165) is 18.5 Å². The molecule has 2 aliphatic heterocycles. The lowest BCUT2D eigenvalue weighted by Gasteiger charge is -2.12. The van der Waals surface area contributed by atoms with Gasteiger partial charge in [0, 0.05) is 12.6 Å². The molecular formula is C10H16N4O. The maximum absolute atomic E-state index is 5.46. The smallest absolute Gasteiger partial charge is 0.231 e. The molecule has 0 bridgehead atoms. The van der Waals surface area contributed by atoms with E-state index in [4.69, 9.17) is 10.3 Å². The van der Waals surface area contributed by atoms with E-state index < -0.39 is 0 Å². The molecule has 0 unspecified atom stereocenters. The second-order valence-corrected chi connectivity index (χ2v) is 4.48. The number of hydrogen-bond acceptors (Lipinski definition) is 5. The molecule has 0 spiro atoms.